The van der Waals surface area contributed by atoms with Crippen molar-refractivity contribution in [2.75, 3.05) is 33.4 Å². The fourth-order valence-corrected chi connectivity index (χ4v) is 1.62. The van der Waals surface area contributed by atoms with Crippen molar-refractivity contribution in [3.63, 3.8) is 0 Å². The van der Waals surface area contributed by atoms with Gasteiger partial charge in [-0.05, 0) is 32.4 Å². The van der Waals surface area contributed by atoms with E-state index in [4.69, 9.17) is 4.74 Å². The van der Waals surface area contributed by atoms with Gasteiger partial charge in [0, 0.05) is 20.3 Å². The summed E-state index contributed by atoms with van der Waals surface area (Å²) in [7, 11) is 1.77. The van der Waals surface area contributed by atoms with Gasteiger partial charge in [0.05, 0.1) is 0 Å². The van der Waals surface area contributed by atoms with Crippen molar-refractivity contribution in [1.29, 1.82) is 0 Å². The summed E-state index contributed by atoms with van der Waals surface area (Å²) < 4.78 is 5.01. The van der Waals surface area contributed by atoms with Gasteiger partial charge in [0.25, 0.3) is 0 Å². The molecule has 15 heavy (non-hydrogen) atoms. The van der Waals surface area contributed by atoms with Gasteiger partial charge in [0.2, 0.25) is 0 Å². The largest absolute Gasteiger partial charge is 0.385 e. The van der Waals surface area contributed by atoms with Gasteiger partial charge >= 0.3 is 0 Å². The molecule has 94 valence electrons. The predicted molar refractivity (Wildman–Crippen MR) is 69.5 cm³/mol. The van der Waals surface area contributed by atoms with E-state index >= 15 is 0 Å². The van der Waals surface area contributed by atoms with Gasteiger partial charge in [-0.2, -0.15) is 0 Å². The Hall–Kier alpha value is -0.0800. The van der Waals surface area contributed by atoms with Crippen LogP contribution in [0, 0.1) is 0 Å². The van der Waals surface area contributed by atoms with Crippen molar-refractivity contribution in [1.82, 2.24) is 4.90 Å². The first-order valence-electron chi connectivity index (χ1n) is 6.65. The summed E-state index contributed by atoms with van der Waals surface area (Å²) in [5.41, 5.74) is 0. The van der Waals surface area contributed by atoms with Gasteiger partial charge in [-0.1, -0.05) is 34.1 Å². The van der Waals surface area contributed by atoms with E-state index in [0.717, 1.165) is 6.61 Å². The van der Waals surface area contributed by atoms with E-state index in [1.54, 1.807) is 7.11 Å². The van der Waals surface area contributed by atoms with E-state index in [1.165, 1.54) is 45.3 Å². The minimum atomic E-state index is 0.913. The Morgan fingerprint density at radius 1 is 0.933 bits per heavy atom. The lowest BCUT2D eigenvalue weighted by Crippen LogP contribution is -2.31. The molecule has 0 atom stereocenters. The summed E-state index contributed by atoms with van der Waals surface area (Å²) in [5, 5.41) is 0. The average molecular weight is 217 g/mol. The Kier molecular flexibility index (Phi) is 18.9. The highest BCUT2D eigenvalue weighted by molar-refractivity contribution is 4.63. The maximum atomic E-state index is 5.01. The fraction of sp³-hybridized carbons (Fsp3) is 1.00. The van der Waals surface area contributed by atoms with Crippen LogP contribution in [0.5, 0.6) is 0 Å². The first-order valence-corrected chi connectivity index (χ1v) is 6.65. The van der Waals surface area contributed by atoms with Crippen molar-refractivity contribution in [3.8, 4) is 0 Å². The second-order valence-electron chi connectivity index (χ2n) is 3.25. The highest BCUT2D eigenvalue weighted by Crippen LogP contribution is 2.08. The van der Waals surface area contributed by atoms with Crippen LogP contribution in [0.4, 0.5) is 0 Å². The van der Waals surface area contributed by atoms with E-state index in [-0.39, 0.29) is 0 Å². The number of hydrogen-bond acceptors (Lipinski definition) is 2. The summed E-state index contributed by atoms with van der Waals surface area (Å²) in [6.07, 6.45) is 5.41. The second kappa shape index (κ2) is 16.4. The second-order valence-corrected chi connectivity index (χ2v) is 3.25. The van der Waals surface area contributed by atoms with Crippen molar-refractivity contribution in [2.24, 2.45) is 0 Å². The summed E-state index contributed by atoms with van der Waals surface area (Å²) >= 11 is 0. The van der Waals surface area contributed by atoms with Gasteiger partial charge < -0.3 is 9.64 Å². The highest BCUT2D eigenvalue weighted by Gasteiger charge is 2.08. The lowest BCUT2D eigenvalue weighted by atomic mass is 10.1. The molecular weight excluding hydrogens is 186 g/mol. The molecule has 0 aromatic carbocycles. The Balaban J connectivity index is 0. The highest BCUT2D eigenvalue weighted by atomic mass is 16.5. The van der Waals surface area contributed by atoms with Gasteiger partial charge in [-0.15, -0.1) is 0 Å². The first kappa shape index (κ1) is 17.3. The maximum Gasteiger partial charge on any atom is 0.0474 e. The van der Waals surface area contributed by atoms with Gasteiger partial charge in [-0.3, -0.25) is 0 Å². The van der Waals surface area contributed by atoms with Crippen LogP contribution in [0.25, 0.3) is 0 Å². The molecule has 0 unspecified atom stereocenters. The van der Waals surface area contributed by atoms with Crippen LogP contribution in [0.1, 0.15) is 53.4 Å². The molecule has 2 nitrogen and oxygen atoms in total. The van der Waals surface area contributed by atoms with Crippen LogP contribution in [0.2, 0.25) is 0 Å². The molecule has 2 heteroatoms. The van der Waals surface area contributed by atoms with Gasteiger partial charge in [-0.25, -0.2) is 0 Å². The van der Waals surface area contributed by atoms with Gasteiger partial charge in [0.15, 0.2) is 0 Å². The third-order valence-electron chi connectivity index (χ3n) is 2.27. The zero-order valence-corrected chi connectivity index (χ0v) is 11.5. The van der Waals surface area contributed by atoms with Crippen LogP contribution >= 0.6 is 0 Å². The number of ether oxygens (including phenoxy) is 1. The monoisotopic (exact) mass is 217 g/mol. The SMILES string of the molecule is CC.CC.COCCCN1CCCCC1. The molecular formula is C13H31NO. The summed E-state index contributed by atoms with van der Waals surface area (Å²) in [6.45, 7) is 12.8. The molecule has 0 bridgehead atoms. The number of likely N-dealkylation sites (tertiary alicyclic amines) is 1. The molecule has 0 aliphatic carbocycles. The first-order chi connectivity index (χ1) is 7.43. The smallest absolute Gasteiger partial charge is 0.0474 e. The van der Waals surface area contributed by atoms with Crippen molar-refractivity contribution >= 4 is 0 Å². The number of piperidine rings is 1. The number of methoxy groups -OCH3 is 1. The van der Waals surface area contributed by atoms with E-state index in [9.17, 15) is 0 Å². The van der Waals surface area contributed by atoms with E-state index < -0.39 is 0 Å². The summed E-state index contributed by atoms with van der Waals surface area (Å²) in [4.78, 5) is 2.54. The fourth-order valence-electron chi connectivity index (χ4n) is 1.62. The zero-order valence-electron chi connectivity index (χ0n) is 11.5. The summed E-state index contributed by atoms with van der Waals surface area (Å²) in [5.74, 6) is 0. The Labute approximate surface area is 97.0 Å². The maximum absolute atomic E-state index is 5.01. The van der Waals surface area contributed by atoms with Crippen molar-refractivity contribution in [3.05, 3.63) is 0 Å². The Bertz CT molecular complexity index is 90.5. The lowest BCUT2D eigenvalue weighted by molar-refractivity contribution is 0.162. The molecule has 1 heterocycles. The van der Waals surface area contributed by atoms with Crippen LogP contribution in [-0.4, -0.2) is 38.3 Å². The minimum absolute atomic E-state index is 0.913. The Morgan fingerprint density at radius 2 is 1.47 bits per heavy atom. The number of nitrogens with zero attached hydrogens (tertiary/aromatic N) is 1. The molecule has 1 aliphatic rings. The van der Waals surface area contributed by atoms with Crippen LogP contribution in [-0.2, 0) is 4.74 Å². The molecule has 0 saturated carbocycles. The molecule has 1 saturated heterocycles. The lowest BCUT2D eigenvalue weighted by Gasteiger charge is -2.25. The number of rotatable bonds is 4. The number of hydrogen-bond donors (Lipinski definition) is 0. The molecule has 0 aromatic heterocycles. The van der Waals surface area contributed by atoms with Crippen LogP contribution in [0.15, 0.2) is 0 Å². The molecule has 0 amide bonds. The van der Waals surface area contributed by atoms with Crippen molar-refractivity contribution in [2.45, 2.75) is 53.4 Å². The molecule has 0 spiro atoms. The topological polar surface area (TPSA) is 12.5 Å². The Morgan fingerprint density at radius 3 is 1.93 bits per heavy atom. The molecule has 0 aromatic rings. The molecule has 1 aliphatic heterocycles. The normalized spacial score (nSPS) is 15.8. The van der Waals surface area contributed by atoms with Crippen LogP contribution in [0.3, 0.4) is 0 Å². The van der Waals surface area contributed by atoms with Crippen LogP contribution < -0.4 is 0 Å². The molecule has 0 radical (unpaired) electrons. The quantitative estimate of drug-likeness (QED) is 0.668. The summed E-state index contributed by atoms with van der Waals surface area (Å²) in [6, 6.07) is 0. The third kappa shape index (κ3) is 11.8. The van der Waals surface area contributed by atoms with E-state index in [2.05, 4.69) is 4.90 Å². The molecule has 1 fully saturated rings. The predicted octanol–water partition coefficient (Wildman–Crippen LogP) is 3.56. The average Bonchev–Trinajstić information content (AvgIpc) is 2.36. The molecule has 1 rings (SSSR count). The standard InChI is InChI=1S/C9H19NO.2C2H6/c1-11-9-5-8-10-6-3-2-4-7-10;2*1-2/h2-9H2,1H3;2*1-2H3. The van der Waals surface area contributed by atoms with Crippen molar-refractivity contribution < 1.29 is 4.74 Å². The zero-order chi connectivity index (χ0) is 11.9. The molecule has 0 N–H and O–H groups in total. The van der Waals surface area contributed by atoms with E-state index in [1.807, 2.05) is 27.7 Å². The van der Waals surface area contributed by atoms with Gasteiger partial charge in [0.1, 0.15) is 0 Å². The van der Waals surface area contributed by atoms with E-state index in [0.29, 0.717) is 0 Å². The third-order valence-corrected chi connectivity index (χ3v) is 2.27. The minimum Gasteiger partial charge on any atom is -0.385 e.